The second kappa shape index (κ2) is 5.70. The maximum Gasteiger partial charge on any atom is 0.325 e. The van der Waals surface area contributed by atoms with Crippen LogP contribution in [-0.4, -0.2) is 25.2 Å². The summed E-state index contributed by atoms with van der Waals surface area (Å²) in [6.45, 7) is 8.22. The highest BCUT2D eigenvalue weighted by atomic mass is 19.1. The first-order valence-corrected chi connectivity index (χ1v) is 6.28. The van der Waals surface area contributed by atoms with E-state index in [0.717, 1.165) is 5.56 Å². The van der Waals surface area contributed by atoms with Gasteiger partial charge in [0.15, 0.2) is 0 Å². The minimum absolute atomic E-state index is 0.209. The summed E-state index contributed by atoms with van der Waals surface area (Å²) in [5.41, 5.74) is 0.0625. The Bertz CT molecular complexity index is 438. The number of methoxy groups -OCH3 is 1. The first-order valence-electron chi connectivity index (χ1n) is 6.28. The maximum atomic E-state index is 12.9. The molecule has 0 amide bonds. The molecular weight excluding hydrogens is 245 g/mol. The van der Waals surface area contributed by atoms with Crippen LogP contribution >= 0.6 is 0 Å². The topological polar surface area (TPSA) is 38.3 Å². The molecule has 0 atom stereocenters. The lowest BCUT2D eigenvalue weighted by Gasteiger charge is -2.31. The second-order valence-electron chi connectivity index (χ2n) is 5.86. The van der Waals surface area contributed by atoms with Crippen molar-refractivity contribution >= 4 is 5.97 Å². The van der Waals surface area contributed by atoms with Crippen LogP contribution in [0.25, 0.3) is 0 Å². The van der Waals surface area contributed by atoms with Crippen LogP contribution in [0.3, 0.4) is 0 Å². The summed E-state index contributed by atoms with van der Waals surface area (Å²) in [6, 6.07) is 6.43. The highest BCUT2D eigenvalue weighted by molar-refractivity contribution is 5.79. The summed E-state index contributed by atoms with van der Waals surface area (Å²) in [5.74, 6) is -0.551. The monoisotopic (exact) mass is 267 g/mol. The number of halogens is 1. The number of nitrogens with one attached hydrogen (secondary N) is 1. The number of esters is 1. The minimum Gasteiger partial charge on any atom is -0.468 e. The lowest BCUT2D eigenvalue weighted by molar-refractivity contribution is -0.147. The van der Waals surface area contributed by atoms with Crippen molar-refractivity contribution in [2.45, 2.75) is 38.6 Å². The van der Waals surface area contributed by atoms with Crippen LogP contribution in [0.1, 0.15) is 33.3 Å². The molecule has 0 aliphatic rings. The molecule has 1 aromatic carbocycles. The van der Waals surface area contributed by atoms with Crippen molar-refractivity contribution in [2.24, 2.45) is 0 Å². The van der Waals surface area contributed by atoms with Gasteiger partial charge in [-0.15, -0.1) is 0 Å². The van der Waals surface area contributed by atoms with E-state index in [0.29, 0.717) is 6.54 Å². The fourth-order valence-corrected chi connectivity index (χ4v) is 1.77. The predicted octanol–water partition coefficient (Wildman–Crippen LogP) is 2.64. The zero-order valence-electron chi connectivity index (χ0n) is 12.2. The van der Waals surface area contributed by atoms with Crippen LogP contribution in [0.15, 0.2) is 24.3 Å². The molecule has 0 aromatic heterocycles. The standard InChI is InChI=1S/C15H22FNO2/c1-14(2,11-6-8-12(16)9-7-11)10-17-15(3,4)13(18)19-5/h6-9,17H,10H2,1-5H3. The van der Waals surface area contributed by atoms with Gasteiger partial charge in [-0.25, -0.2) is 4.39 Å². The summed E-state index contributed by atoms with van der Waals surface area (Å²) < 4.78 is 17.7. The number of ether oxygens (including phenoxy) is 1. The van der Waals surface area contributed by atoms with Crippen LogP contribution in [0.2, 0.25) is 0 Å². The highest BCUT2D eigenvalue weighted by Gasteiger charge is 2.31. The lowest BCUT2D eigenvalue weighted by Crippen LogP contribution is -2.51. The molecular formula is C15H22FNO2. The molecule has 0 fully saturated rings. The zero-order valence-corrected chi connectivity index (χ0v) is 12.2. The van der Waals surface area contributed by atoms with E-state index >= 15 is 0 Å². The molecule has 0 aliphatic carbocycles. The molecule has 0 radical (unpaired) electrons. The van der Waals surface area contributed by atoms with E-state index in [4.69, 9.17) is 4.74 Å². The van der Waals surface area contributed by atoms with E-state index in [1.54, 1.807) is 26.0 Å². The molecule has 0 spiro atoms. The van der Waals surface area contributed by atoms with Gasteiger partial charge in [0.1, 0.15) is 11.4 Å². The number of benzene rings is 1. The zero-order chi connectivity index (χ0) is 14.7. The fourth-order valence-electron chi connectivity index (χ4n) is 1.77. The van der Waals surface area contributed by atoms with Gasteiger partial charge in [0.25, 0.3) is 0 Å². The first kappa shape index (κ1) is 15.6. The van der Waals surface area contributed by atoms with Crippen LogP contribution in [0, 0.1) is 5.82 Å². The summed E-state index contributed by atoms with van der Waals surface area (Å²) in [7, 11) is 1.37. The fraction of sp³-hybridized carbons (Fsp3) is 0.533. The summed E-state index contributed by atoms with van der Waals surface area (Å²) in [5, 5.41) is 3.19. The van der Waals surface area contributed by atoms with E-state index in [9.17, 15) is 9.18 Å². The van der Waals surface area contributed by atoms with Crippen molar-refractivity contribution in [3.8, 4) is 0 Å². The second-order valence-corrected chi connectivity index (χ2v) is 5.86. The predicted molar refractivity (Wildman–Crippen MR) is 73.5 cm³/mol. The van der Waals surface area contributed by atoms with Crippen LogP contribution in [-0.2, 0) is 14.9 Å². The average molecular weight is 267 g/mol. The van der Waals surface area contributed by atoms with Gasteiger partial charge in [0.2, 0.25) is 0 Å². The van der Waals surface area contributed by atoms with Crippen LogP contribution < -0.4 is 5.32 Å². The third-order valence-electron chi connectivity index (χ3n) is 3.29. The van der Waals surface area contributed by atoms with Gasteiger partial charge in [0, 0.05) is 12.0 Å². The Balaban J connectivity index is 2.75. The third-order valence-corrected chi connectivity index (χ3v) is 3.29. The van der Waals surface area contributed by atoms with Crippen molar-refractivity contribution in [3.63, 3.8) is 0 Å². The molecule has 0 aliphatic heterocycles. The summed E-state index contributed by atoms with van der Waals surface area (Å²) in [6.07, 6.45) is 0. The van der Waals surface area contributed by atoms with Gasteiger partial charge in [-0.1, -0.05) is 26.0 Å². The molecule has 0 heterocycles. The van der Waals surface area contributed by atoms with Crippen molar-refractivity contribution < 1.29 is 13.9 Å². The molecule has 0 saturated carbocycles. The van der Waals surface area contributed by atoms with Gasteiger partial charge in [0.05, 0.1) is 7.11 Å². The van der Waals surface area contributed by atoms with Gasteiger partial charge >= 0.3 is 5.97 Å². The molecule has 3 nitrogen and oxygen atoms in total. The number of hydrogen-bond donors (Lipinski definition) is 1. The molecule has 19 heavy (non-hydrogen) atoms. The summed E-state index contributed by atoms with van der Waals surface area (Å²) in [4.78, 5) is 11.6. The molecule has 0 saturated heterocycles. The Morgan fingerprint density at radius 3 is 2.21 bits per heavy atom. The highest BCUT2D eigenvalue weighted by Crippen LogP contribution is 2.23. The van der Waals surface area contributed by atoms with E-state index in [2.05, 4.69) is 5.32 Å². The Morgan fingerprint density at radius 1 is 1.21 bits per heavy atom. The molecule has 1 rings (SSSR count). The van der Waals surface area contributed by atoms with E-state index in [1.165, 1.54) is 19.2 Å². The molecule has 1 N–H and O–H groups in total. The minimum atomic E-state index is -0.744. The van der Waals surface area contributed by atoms with E-state index < -0.39 is 5.54 Å². The number of rotatable bonds is 5. The van der Waals surface area contributed by atoms with E-state index in [1.807, 2.05) is 13.8 Å². The Labute approximate surface area is 114 Å². The number of hydrogen-bond acceptors (Lipinski definition) is 3. The molecule has 1 aromatic rings. The smallest absolute Gasteiger partial charge is 0.325 e. The van der Waals surface area contributed by atoms with E-state index in [-0.39, 0.29) is 17.2 Å². The lowest BCUT2D eigenvalue weighted by atomic mass is 9.84. The van der Waals surface area contributed by atoms with Gasteiger partial charge in [-0.05, 0) is 31.5 Å². The van der Waals surface area contributed by atoms with Crippen molar-refractivity contribution in [1.82, 2.24) is 5.32 Å². The van der Waals surface area contributed by atoms with Gasteiger partial charge in [-0.2, -0.15) is 0 Å². The molecule has 106 valence electrons. The van der Waals surface area contributed by atoms with Crippen molar-refractivity contribution in [3.05, 3.63) is 35.6 Å². The van der Waals surface area contributed by atoms with Crippen LogP contribution in [0.4, 0.5) is 4.39 Å². The SMILES string of the molecule is COC(=O)C(C)(C)NCC(C)(C)c1ccc(F)cc1. The molecule has 0 bridgehead atoms. The Kier molecular flexibility index (Phi) is 4.69. The normalized spacial score (nSPS) is 12.3. The third kappa shape index (κ3) is 4.03. The quantitative estimate of drug-likeness (QED) is 0.833. The largest absolute Gasteiger partial charge is 0.468 e. The first-order chi connectivity index (χ1) is 8.69. The van der Waals surface area contributed by atoms with Crippen molar-refractivity contribution in [2.75, 3.05) is 13.7 Å². The van der Waals surface area contributed by atoms with Crippen LogP contribution in [0.5, 0.6) is 0 Å². The Morgan fingerprint density at radius 2 is 1.74 bits per heavy atom. The van der Waals surface area contributed by atoms with Crippen molar-refractivity contribution in [1.29, 1.82) is 0 Å². The van der Waals surface area contributed by atoms with Gasteiger partial charge in [-0.3, -0.25) is 4.79 Å². The number of carbonyl (C=O) groups excluding carboxylic acids is 1. The maximum absolute atomic E-state index is 12.9. The Hall–Kier alpha value is -1.42. The van der Waals surface area contributed by atoms with Gasteiger partial charge < -0.3 is 10.1 Å². The average Bonchev–Trinajstić information content (AvgIpc) is 2.36. The molecule has 0 unspecified atom stereocenters. The molecule has 4 heteroatoms. The summed E-state index contributed by atoms with van der Waals surface area (Å²) >= 11 is 0. The number of carbonyl (C=O) groups is 1.